The Kier molecular flexibility index (Phi) is 4.29. The molecule has 0 spiro atoms. The third kappa shape index (κ3) is 2.49. The van der Waals surface area contributed by atoms with Crippen LogP contribution in [0.25, 0.3) is 0 Å². The van der Waals surface area contributed by atoms with Crippen molar-refractivity contribution in [3.05, 3.63) is 39.6 Å². The summed E-state index contributed by atoms with van der Waals surface area (Å²) in [6.07, 6.45) is 0. The lowest BCUT2D eigenvalue weighted by atomic mass is 10.1. The van der Waals surface area contributed by atoms with E-state index in [9.17, 15) is 4.79 Å². The number of hydrogen-bond donors (Lipinski definition) is 0. The van der Waals surface area contributed by atoms with Crippen LogP contribution in [-0.2, 0) is 0 Å². The Morgan fingerprint density at radius 1 is 1.00 bits per heavy atom. The Morgan fingerprint density at radius 3 is 2.10 bits per heavy atom. The molecule has 0 radical (unpaired) electrons. The molecule has 2 rings (SSSR count). The molecule has 0 bridgehead atoms. The predicted molar refractivity (Wildman–Crippen MR) is 78.6 cm³/mol. The monoisotopic (exact) mass is 292 g/mol. The number of carbonyl (C=O) groups excluding carboxylic acids is 1. The minimum atomic E-state index is -0.0738. The SMILES string of the molecule is COc1cc(OC)c(C(=O)c2sccc2C)cc1OC. The van der Waals surface area contributed by atoms with E-state index in [-0.39, 0.29) is 5.78 Å². The van der Waals surface area contributed by atoms with E-state index in [1.54, 1.807) is 19.2 Å². The zero-order valence-electron chi connectivity index (χ0n) is 11.9. The third-order valence-corrected chi connectivity index (χ3v) is 4.03. The summed E-state index contributed by atoms with van der Waals surface area (Å²) in [4.78, 5) is 13.3. The maximum Gasteiger partial charge on any atom is 0.207 e. The lowest BCUT2D eigenvalue weighted by Crippen LogP contribution is -2.05. The highest BCUT2D eigenvalue weighted by Crippen LogP contribution is 2.36. The van der Waals surface area contributed by atoms with Crippen LogP contribution in [0.1, 0.15) is 20.8 Å². The highest BCUT2D eigenvalue weighted by atomic mass is 32.1. The van der Waals surface area contributed by atoms with Crippen LogP contribution in [0.4, 0.5) is 0 Å². The van der Waals surface area contributed by atoms with Crippen LogP contribution in [0, 0.1) is 6.92 Å². The molecule has 0 aliphatic rings. The van der Waals surface area contributed by atoms with E-state index in [2.05, 4.69) is 0 Å². The van der Waals surface area contributed by atoms with Gasteiger partial charge in [-0.15, -0.1) is 11.3 Å². The van der Waals surface area contributed by atoms with Gasteiger partial charge in [0.15, 0.2) is 11.5 Å². The fourth-order valence-electron chi connectivity index (χ4n) is 1.93. The van der Waals surface area contributed by atoms with E-state index in [1.165, 1.54) is 25.6 Å². The van der Waals surface area contributed by atoms with Crippen molar-refractivity contribution in [1.29, 1.82) is 0 Å². The fraction of sp³-hybridized carbons (Fsp3) is 0.267. The molecule has 0 atom stereocenters. The quantitative estimate of drug-likeness (QED) is 0.793. The van der Waals surface area contributed by atoms with Gasteiger partial charge in [-0.25, -0.2) is 0 Å². The molecule has 2 aromatic rings. The molecule has 0 N–H and O–H groups in total. The molecule has 20 heavy (non-hydrogen) atoms. The number of carbonyl (C=O) groups is 1. The zero-order chi connectivity index (χ0) is 14.7. The lowest BCUT2D eigenvalue weighted by Gasteiger charge is -2.13. The molecule has 106 valence electrons. The molecule has 0 amide bonds. The molecule has 0 aliphatic carbocycles. The van der Waals surface area contributed by atoms with E-state index < -0.39 is 0 Å². The number of aryl methyl sites for hydroxylation is 1. The van der Waals surface area contributed by atoms with Crippen molar-refractivity contribution in [3.8, 4) is 17.2 Å². The van der Waals surface area contributed by atoms with Gasteiger partial charge in [-0.2, -0.15) is 0 Å². The largest absolute Gasteiger partial charge is 0.496 e. The molecule has 5 heteroatoms. The minimum absolute atomic E-state index is 0.0738. The van der Waals surface area contributed by atoms with Gasteiger partial charge in [0.2, 0.25) is 5.78 Å². The summed E-state index contributed by atoms with van der Waals surface area (Å²) in [5, 5.41) is 1.90. The predicted octanol–water partition coefficient (Wildman–Crippen LogP) is 3.31. The molecule has 4 nitrogen and oxygen atoms in total. The molecular formula is C15H16O4S. The Hall–Kier alpha value is -2.01. The lowest BCUT2D eigenvalue weighted by molar-refractivity contribution is 0.103. The van der Waals surface area contributed by atoms with Crippen molar-refractivity contribution in [2.24, 2.45) is 0 Å². The zero-order valence-corrected chi connectivity index (χ0v) is 12.7. The summed E-state index contributed by atoms with van der Waals surface area (Å²) in [7, 11) is 4.61. The smallest absolute Gasteiger partial charge is 0.207 e. The van der Waals surface area contributed by atoms with Crippen LogP contribution >= 0.6 is 11.3 Å². The van der Waals surface area contributed by atoms with E-state index in [1.807, 2.05) is 18.4 Å². The third-order valence-electron chi connectivity index (χ3n) is 3.02. The van der Waals surface area contributed by atoms with E-state index in [4.69, 9.17) is 14.2 Å². The van der Waals surface area contributed by atoms with Gasteiger partial charge in [0, 0.05) is 6.07 Å². The highest BCUT2D eigenvalue weighted by molar-refractivity contribution is 7.12. The summed E-state index contributed by atoms with van der Waals surface area (Å²) in [6.45, 7) is 1.91. The van der Waals surface area contributed by atoms with Crippen molar-refractivity contribution < 1.29 is 19.0 Å². The van der Waals surface area contributed by atoms with Crippen molar-refractivity contribution in [2.45, 2.75) is 6.92 Å². The summed E-state index contributed by atoms with van der Waals surface area (Å²) >= 11 is 1.42. The molecule has 0 saturated carbocycles. The maximum atomic E-state index is 12.6. The standard InChI is InChI=1S/C15H16O4S/c1-9-5-6-20-15(9)14(16)10-7-12(18-3)13(19-4)8-11(10)17-2/h5-8H,1-4H3. The second-order valence-electron chi connectivity index (χ2n) is 4.17. The topological polar surface area (TPSA) is 44.8 Å². The number of thiophene rings is 1. The molecule has 0 saturated heterocycles. The normalized spacial score (nSPS) is 10.2. The van der Waals surface area contributed by atoms with Gasteiger partial charge in [-0.1, -0.05) is 0 Å². The average Bonchev–Trinajstić information content (AvgIpc) is 2.91. The first-order chi connectivity index (χ1) is 9.62. The van der Waals surface area contributed by atoms with Crippen LogP contribution < -0.4 is 14.2 Å². The molecule has 1 aromatic heterocycles. The molecule has 1 aromatic carbocycles. The summed E-state index contributed by atoms with van der Waals surface area (Å²) in [5.74, 6) is 1.44. The first-order valence-corrected chi connectivity index (χ1v) is 6.89. The van der Waals surface area contributed by atoms with Crippen LogP contribution in [0.3, 0.4) is 0 Å². The van der Waals surface area contributed by atoms with Gasteiger partial charge in [-0.3, -0.25) is 4.79 Å². The molecule has 0 aliphatic heterocycles. The van der Waals surface area contributed by atoms with Crippen molar-refractivity contribution in [3.63, 3.8) is 0 Å². The van der Waals surface area contributed by atoms with Crippen LogP contribution in [0.5, 0.6) is 17.2 Å². The van der Waals surface area contributed by atoms with Crippen molar-refractivity contribution >= 4 is 17.1 Å². The van der Waals surface area contributed by atoms with Gasteiger partial charge >= 0.3 is 0 Å². The number of methoxy groups -OCH3 is 3. The molecule has 0 unspecified atom stereocenters. The van der Waals surface area contributed by atoms with E-state index >= 15 is 0 Å². The Morgan fingerprint density at radius 2 is 1.60 bits per heavy atom. The number of rotatable bonds is 5. The summed E-state index contributed by atoms with van der Waals surface area (Å²) < 4.78 is 15.8. The van der Waals surface area contributed by atoms with Gasteiger partial charge < -0.3 is 14.2 Å². The second kappa shape index (κ2) is 5.96. The minimum Gasteiger partial charge on any atom is -0.496 e. The van der Waals surface area contributed by atoms with Crippen LogP contribution in [0.2, 0.25) is 0 Å². The van der Waals surface area contributed by atoms with E-state index in [0.717, 1.165) is 5.56 Å². The number of ether oxygens (including phenoxy) is 3. The van der Waals surface area contributed by atoms with Crippen molar-refractivity contribution in [1.82, 2.24) is 0 Å². The van der Waals surface area contributed by atoms with Crippen molar-refractivity contribution in [2.75, 3.05) is 21.3 Å². The van der Waals surface area contributed by atoms with Gasteiger partial charge in [0.1, 0.15) is 5.75 Å². The Labute approximate surface area is 121 Å². The highest BCUT2D eigenvalue weighted by Gasteiger charge is 2.21. The number of benzene rings is 1. The second-order valence-corrected chi connectivity index (χ2v) is 5.09. The Balaban J connectivity index is 2.55. The first kappa shape index (κ1) is 14.4. The number of ketones is 1. The van der Waals surface area contributed by atoms with E-state index in [0.29, 0.717) is 27.7 Å². The van der Waals surface area contributed by atoms with Gasteiger partial charge in [-0.05, 0) is 30.0 Å². The summed E-state index contributed by atoms with van der Waals surface area (Å²) in [5.41, 5.74) is 1.42. The summed E-state index contributed by atoms with van der Waals surface area (Å²) in [6, 6.07) is 5.24. The molecular weight excluding hydrogens is 276 g/mol. The molecule has 0 fully saturated rings. The fourth-order valence-corrected chi connectivity index (χ4v) is 2.81. The Bertz CT molecular complexity index is 631. The van der Waals surface area contributed by atoms with Crippen LogP contribution in [-0.4, -0.2) is 27.1 Å². The van der Waals surface area contributed by atoms with Gasteiger partial charge in [0.05, 0.1) is 31.8 Å². The number of hydrogen-bond acceptors (Lipinski definition) is 5. The first-order valence-electron chi connectivity index (χ1n) is 6.01. The maximum absolute atomic E-state index is 12.6. The van der Waals surface area contributed by atoms with Crippen LogP contribution in [0.15, 0.2) is 23.6 Å². The van der Waals surface area contributed by atoms with Gasteiger partial charge in [0.25, 0.3) is 0 Å². The molecule has 1 heterocycles. The average molecular weight is 292 g/mol.